The third-order valence-corrected chi connectivity index (χ3v) is 5.03. The molecule has 1 aliphatic heterocycles. The molecule has 18 heavy (non-hydrogen) atoms. The van der Waals surface area contributed by atoms with Gasteiger partial charge < -0.3 is 4.90 Å². The summed E-state index contributed by atoms with van der Waals surface area (Å²) >= 11 is 7.68. The van der Waals surface area contributed by atoms with E-state index in [0.717, 1.165) is 30.8 Å². The minimum absolute atomic E-state index is 0.155. The molecular weight excluding hydrogens is 269 g/mol. The van der Waals surface area contributed by atoms with Crippen molar-refractivity contribution in [2.75, 3.05) is 23.7 Å². The Kier molecular flexibility index (Phi) is 4.44. The molecule has 0 bridgehead atoms. The van der Waals surface area contributed by atoms with Crippen molar-refractivity contribution in [3.05, 3.63) is 29.6 Å². The first kappa shape index (κ1) is 14.0. The second kappa shape index (κ2) is 5.70. The molecular formula is C14H19ClFNS. The van der Waals surface area contributed by atoms with E-state index in [1.807, 2.05) is 23.9 Å². The smallest absolute Gasteiger partial charge is 0.146 e. The van der Waals surface area contributed by atoms with Gasteiger partial charge >= 0.3 is 0 Å². The predicted molar refractivity (Wildman–Crippen MR) is 79.3 cm³/mol. The molecule has 0 saturated carbocycles. The summed E-state index contributed by atoms with van der Waals surface area (Å²) in [5.41, 5.74) is 1.55. The first-order valence-electron chi connectivity index (χ1n) is 6.25. The quantitative estimate of drug-likeness (QED) is 0.747. The summed E-state index contributed by atoms with van der Waals surface area (Å²) in [6.07, 6.45) is 1.08. The summed E-state index contributed by atoms with van der Waals surface area (Å²) in [6.45, 7) is 6.34. The van der Waals surface area contributed by atoms with Gasteiger partial charge in [-0.25, -0.2) is 4.39 Å². The lowest BCUT2D eigenvalue weighted by molar-refractivity contribution is 0.601. The Hall–Kier alpha value is -0.410. The fourth-order valence-corrected chi connectivity index (χ4v) is 3.42. The van der Waals surface area contributed by atoms with E-state index < -0.39 is 0 Å². The molecule has 1 saturated heterocycles. The second-order valence-corrected chi connectivity index (χ2v) is 7.33. The van der Waals surface area contributed by atoms with E-state index in [1.54, 1.807) is 6.07 Å². The number of hydrogen-bond acceptors (Lipinski definition) is 2. The standard InChI is InChI=1S/C14H19ClFNS/c1-14(2)5-6-17(7-8-18-14)13-4-3-11(10-15)9-12(13)16/h3-4,9H,5-8,10H2,1-2H3. The molecule has 1 aliphatic rings. The van der Waals surface area contributed by atoms with Crippen LogP contribution in [0.1, 0.15) is 25.8 Å². The van der Waals surface area contributed by atoms with Crippen LogP contribution in [0, 0.1) is 5.82 Å². The molecule has 1 aromatic rings. The Morgan fingerprint density at radius 2 is 2.17 bits per heavy atom. The van der Waals surface area contributed by atoms with E-state index in [2.05, 4.69) is 18.7 Å². The van der Waals surface area contributed by atoms with Crippen molar-refractivity contribution in [3.63, 3.8) is 0 Å². The Balaban J connectivity index is 2.16. The van der Waals surface area contributed by atoms with Gasteiger partial charge in [-0.15, -0.1) is 11.6 Å². The van der Waals surface area contributed by atoms with Crippen LogP contribution in [0.25, 0.3) is 0 Å². The molecule has 1 nitrogen and oxygen atoms in total. The Morgan fingerprint density at radius 1 is 1.39 bits per heavy atom. The second-order valence-electron chi connectivity index (χ2n) is 5.26. The van der Waals surface area contributed by atoms with Gasteiger partial charge in [0.25, 0.3) is 0 Å². The van der Waals surface area contributed by atoms with Gasteiger partial charge in [-0.05, 0) is 24.1 Å². The van der Waals surface area contributed by atoms with Crippen LogP contribution in [0.4, 0.5) is 10.1 Å². The van der Waals surface area contributed by atoms with Crippen LogP contribution in [0.15, 0.2) is 18.2 Å². The molecule has 0 spiro atoms. The lowest BCUT2D eigenvalue weighted by Crippen LogP contribution is -2.27. The minimum Gasteiger partial charge on any atom is -0.368 e. The van der Waals surface area contributed by atoms with Crippen LogP contribution in [0.2, 0.25) is 0 Å². The van der Waals surface area contributed by atoms with Crippen molar-refractivity contribution in [2.45, 2.75) is 30.9 Å². The lowest BCUT2D eigenvalue weighted by atomic mass is 10.1. The van der Waals surface area contributed by atoms with E-state index in [4.69, 9.17) is 11.6 Å². The van der Waals surface area contributed by atoms with Crippen molar-refractivity contribution in [2.24, 2.45) is 0 Å². The topological polar surface area (TPSA) is 3.24 Å². The molecule has 0 unspecified atom stereocenters. The summed E-state index contributed by atoms with van der Waals surface area (Å²) < 4.78 is 14.3. The third-order valence-electron chi connectivity index (χ3n) is 3.34. The molecule has 0 N–H and O–H groups in total. The van der Waals surface area contributed by atoms with E-state index in [9.17, 15) is 4.39 Å². The van der Waals surface area contributed by atoms with Crippen molar-refractivity contribution in [3.8, 4) is 0 Å². The fraction of sp³-hybridized carbons (Fsp3) is 0.571. The molecule has 1 aromatic carbocycles. The van der Waals surface area contributed by atoms with Crippen LogP contribution >= 0.6 is 23.4 Å². The molecule has 1 fully saturated rings. The summed E-state index contributed by atoms with van der Waals surface area (Å²) in [7, 11) is 0. The van der Waals surface area contributed by atoms with Gasteiger partial charge in [0.2, 0.25) is 0 Å². The highest BCUT2D eigenvalue weighted by atomic mass is 35.5. The zero-order chi connectivity index (χ0) is 13.2. The van der Waals surface area contributed by atoms with Gasteiger partial charge in [0.05, 0.1) is 5.69 Å². The monoisotopic (exact) mass is 287 g/mol. The van der Waals surface area contributed by atoms with Crippen LogP contribution in [-0.2, 0) is 5.88 Å². The van der Waals surface area contributed by atoms with Gasteiger partial charge in [0.15, 0.2) is 0 Å². The molecule has 0 atom stereocenters. The lowest BCUT2D eigenvalue weighted by Gasteiger charge is -2.24. The molecule has 0 radical (unpaired) electrons. The molecule has 1 heterocycles. The zero-order valence-electron chi connectivity index (χ0n) is 10.9. The first-order chi connectivity index (χ1) is 8.52. The maximum absolute atomic E-state index is 14.0. The van der Waals surface area contributed by atoms with Gasteiger partial charge in [0.1, 0.15) is 5.82 Å². The van der Waals surface area contributed by atoms with Crippen molar-refractivity contribution in [1.29, 1.82) is 0 Å². The van der Waals surface area contributed by atoms with Crippen molar-refractivity contribution in [1.82, 2.24) is 0 Å². The van der Waals surface area contributed by atoms with Crippen molar-refractivity contribution < 1.29 is 4.39 Å². The minimum atomic E-state index is -0.155. The molecule has 0 aliphatic carbocycles. The number of hydrogen-bond donors (Lipinski definition) is 0. The summed E-state index contributed by atoms with van der Waals surface area (Å²) in [5, 5.41) is 0. The van der Waals surface area contributed by atoms with Gasteiger partial charge in [-0.1, -0.05) is 19.9 Å². The fourth-order valence-electron chi connectivity index (χ4n) is 2.15. The van der Waals surface area contributed by atoms with Crippen LogP contribution in [0.5, 0.6) is 0 Å². The molecule has 100 valence electrons. The van der Waals surface area contributed by atoms with Crippen LogP contribution < -0.4 is 4.90 Å². The van der Waals surface area contributed by atoms with Crippen molar-refractivity contribution >= 4 is 29.1 Å². The SMILES string of the molecule is CC1(C)CCN(c2ccc(CCl)cc2F)CCS1. The summed E-state index contributed by atoms with van der Waals surface area (Å²) in [6, 6.07) is 5.32. The molecule has 2 rings (SSSR count). The number of nitrogens with zero attached hydrogens (tertiary/aromatic N) is 1. The normalized spacial score (nSPS) is 19.7. The zero-order valence-corrected chi connectivity index (χ0v) is 12.5. The number of rotatable bonds is 2. The van der Waals surface area contributed by atoms with E-state index in [-0.39, 0.29) is 5.82 Å². The largest absolute Gasteiger partial charge is 0.368 e. The van der Waals surface area contributed by atoms with Gasteiger partial charge in [-0.2, -0.15) is 11.8 Å². The average Bonchev–Trinajstić information content (AvgIpc) is 2.50. The van der Waals surface area contributed by atoms with Crippen LogP contribution in [0.3, 0.4) is 0 Å². The molecule has 0 amide bonds. The third kappa shape index (κ3) is 3.33. The van der Waals surface area contributed by atoms with E-state index in [0.29, 0.717) is 16.3 Å². The Morgan fingerprint density at radius 3 is 2.83 bits per heavy atom. The van der Waals surface area contributed by atoms with E-state index in [1.165, 1.54) is 0 Å². The number of thioether (sulfide) groups is 1. The maximum atomic E-state index is 14.0. The highest BCUT2D eigenvalue weighted by Gasteiger charge is 2.24. The highest BCUT2D eigenvalue weighted by molar-refractivity contribution is 8.00. The van der Waals surface area contributed by atoms with Gasteiger partial charge in [-0.3, -0.25) is 0 Å². The molecule has 4 heteroatoms. The highest BCUT2D eigenvalue weighted by Crippen LogP contribution is 2.33. The average molecular weight is 288 g/mol. The van der Waals surface area contributed by atoms with E-state index >= 15 is 0 Å². The predicted octanol–water partition coefficient (Wildman–Crippen LogP) is 4.29. The number of anilines is 1. The molecule has 0 aromatic heterocycles. The Bertz CT molecular complexity index is 422. The first-order valence-corrected chi connectivity index (χ1v) is 7.77. The number of alkyl halides is 1. The van der Waals surface area contributed by atoms with Crippen LogP contribution in [-0.4, -0.2) is 23.6 Å². The maximum Gasteiger partial charge on any atom is 0.146 e. The summed E-state index contributed by atoms with van der Waals surface area (Å²) in [5.74, 6) is 1.25. The number of halogens is 2. The Labute approximate surface area is 118 Å². The van der Waals surface area contributed by atoms with Gasteiger partial charge in [0, 0.05) is 29.5 Å². The summed E-state index contributed by atoms with van der Waals surface area (Å²) in [4.78, 5) is 2.15. The number of benzene rings is 1.